The van der Waals surface area contributed by atoms with Crippen LogP contribution in [0.25, 0.3) is 0 Å². The third-order valence-electron chi connectivity index (χ3n) is 2.74. The van der Waals surface area contributed by atoms with Crippen LogP contribution in [0, 0.1) is 12.3 Å². The summed E-state index contributed by atoms with van der Waals surface area (Å²) in [5.74, 6) is 2.51. The van der Waals surface area contributed by atoms with Crippen molar-refractivity contribution in [3.63, 3.8) is 0 Å². The molecule has 1 fully saturated rings. The van der Waals surface area contributed by atoms with E-state index in [-0.39, 0.29) is 36.4 Å². The Labute approximate surface area is 102 Å². The first-order chi connectivity index (χ1) is 7.98. The summed E-state index contributed by atoms with van der Waals surface area (Å²) in [4.78, 5) is 13.4. The number of hydrogen-bond donors (Lipinski definition) is 1. The summed E-state index contributed by atoms with van der Waals surface area (Å²) in [6.45, 7) is 3.08. The number of nitrogens with one attached hydrogen (secondary N) is 1. The van der Waals surface area contributed by atoms with Crippen LogP contribution in [0.5, 0.6) is 0 Å². The molecule has 96 valence electrons. The van der Waals surface area contributed by atoms with Crippen LogP contribution in [-0.4, -0.2) is 56.4 Å². The molecule has 1 amide bonds. The summed E-state index contributed by atoms with van der Waals surface area (Å²) in [6.07, 6.45) is 5.35. The molecule has 0 aromatic carbocycles. The number of rotatable bonds is 4. The van der Waals surface area contributed by atoms with Gasteiger partial charge in [0.05, 0.1) is 18.1 Å². The van der Waals surface area contributed by atoms with Crippen molar-refractivity contribution < 1.29 is 13.2 Å². The maximum Gasteiger partial charge on any atom is 0.224 e. The molecule has 1 N–H and O–H groups in total. The molecule has 17 heavy (non-hydrogen) atoms. The van der Waals surface area contributed by atoms with Crippen LogP contribution in [-0.2, 0) is 14.6 Å². The number of nitrogens with zero attached hydrogens (tertiary/aromatic N) is 1. The Morgan fingerprint density at radius 3 is 2.82 bits per heavy atom. The fraction of sp³-hybridized carbons (Fsp3) is 0.727. The van der Waals surface area contributed by atoms with Gasteiger partial charge in [0.25, 0.3) is 0 Å². The average molecular weight is 258 g/mol. The Bertz CT molecular complexity index is 411. The monoisotopic (exact) mass is 258 g/mol. The third-order valence-corrected chi connectivity index (χ3v) is 4.48. The molecule has 0 radical (unpaired) electrons. The summed E-state index contributed by atoms with van der Waals surface area (Å²) in [6, 6.07) is -0.284. The Morgan fingerprint density at radius 2 is 2.29 bits per heavy atom. The Kier molecular flexibility index (Phi) is 4.97. The van der Waals surface area contributed by atoms with Crippen LogP contribution in [0.2, 0.25) is 0 Å². The standard InChI is InChI=1S/C11H18N2O3S/c1-3-6-13(4-2)11(14)8-10-9-17(15,16)7-5-12-10/h1,10,12H,4-9H2,2H3. The van der Waals surface area contributed by atoms with E-state index in [1.54, 1.807) is 4.90 Å². The van der Waals surface area contributed by atoms with Crippen molar-refractivity contribution in [1.29, 1.82) is 0 Å². The van der Waals surface area contributed by atoms with E-state index in [4.69, 9.17) is 6.42 Å². The molecule has 1 atom stereocenters. The zero-order valence-corrected chi connectivity index (χ0v) is 10.8. The molecule has 1 aliphatic heterocycles. The fourth-order valence-electron chi connectivity index (χ4n) is 1.82. The highest BCUT2D eigenvalue weighted by Gasteiger charge is 2.27. The smallest absolute Gasteiger partial charge is 0.224 e. The molecule has 5 nitrogen and oxygen atoms in total. The van der Waals surface area contributed by atoms with Gasteiger partial charge in [-0.05, 0) is 6.92 Å². The molecule has 0 saturated carbocycles. The van der Waals surface area contributed by atoms with Crippen LogP contribution in [0.15, 0.2) is 0 Å². The minimum Gasteiger partial charge on any atom is -0.332 e. The summed E-state index contributed by atoms with van der Waals surface area (Å²) < 4.78 is 22.8. The SMILES string of the molecule is C#CCN(CC)C(=O)CC1CS(=O)(=O)CCN1. The Balaban J connectivity index is 2.54. The van der Waals surface area contributed by atoms with Crippen LogP contribution in [0.3, 0.4) is 0 Å². The Morgan fingerprint density at radius 1 is 1.59 bits per heavy atom. The van der Waals surface area contributed by atoms with Gasteiger partial charge in [-0.1, -0.05) is 5.92 Å². The van der Waals surface area contributed by atoms with Crippen molar-refractivity contribution >= 4 is 15.7 Å². The van der Waals surface area contributed by atoms with Gasteiger partial charge in [-0.3, -0.25) is 4.79 Å². The van der Waals surface area contributed by atoms with Gasteiger partial charge < -0.3 is 10.2 Å². The number of hydrogen-bond acceptors (Lipinski definition) is 4. The maximum atomic E-state index is 11.8. The molecular weight excluding hydrogens is 240 g/mol. The van der Waals surface area contributed by atoms with Gasteiger partial charge in [-0.2, -0.15) is 0 Å². The fourth-order valence-corrected chi connectivity index (χ4v) is 3.27. The summed E-state index contributed by atoms with van der Waals surface area (Å²) in [5.41, 5.74) is 0. The molecule has 0 bridgehead atoms. The lowest BCUT2D eigenvalue weighted by Crippen LogP contribution is -2.47. The number of sulfone groups is 1. The van der Waals surface area contributed by atoms with Crippen molar-refractivity contribution in [1.82, 2.24) is 10.2 Å². The van der Waals surface area contributed by atoms with E-state index in [0.717, 1.165) is 0 Å². The van der Waals surface area contributed by atoms with Gasteiger partial charge in [0, 0.05) is 25.6 Å². The maximum absolute atomic E-state index is 11.8. The van der Waals surface area contributed by atoms with Gasteiger partial charge in [-0.15, -0.1) is 6.42 Å². The van der Waals surface area contributed by atoms with Crippen molar-refractivity contribution in [2.24, 2.45) is 0 Å². The lowest BCUT2D eigenvalue weighted by atomic mass is 10.2. The largest absolute Gasteiger partial charge is 0.332 e. The molecule has 6 heteroatoms. The van der Waals surface area contributed by atoms with E-state index in [9.17, 15) is 13.2 Å². The highest BCUT2D eigenvalue weighted by molar-refractivity contribution is 7.91. The molecule has 0 aromatic rings. The predicted octanol–water partition coefficient (Wildman–Crippen LogP) is -0.755. The van der Waals surface area contributed by atoms with E-state index in [1.807, 2.05) is 6.92 Å². The first kappa shape index (κ1) is 14.0. The van der Waals surface area contributed by atoms with Crippen LogP contribution < -0.4 is 5.32 Å². The molecular formula is C11H18N2O3S. The normalized spacial score (nSPS) is 22.7. The number of carbonyl (C=O) groups is 1. The van der Waals surface area contributed by atoms with Crippen molar-refractivity contribution in [3.8, 4) is 12.3 Å². The first-order valence-corrected chi connectivity index (χ1v) is 7.45. The third kappa shape index (κ3) is 4.36. The zero-order chi connectivity index (χ0) is 12.9. The second kappa shape index (κ2) is 6.03. The molecule has 0 aliphatic carbocycles. The molecule has 0 spiro atoms. The van der Waals surface area contributed by atoms with Crippen molar-refractivity contribution in [2.75, 3.05) is 31.1 Å². The van der Waals surface area contributed by atoms with Gasteiger partial charge in [0.1, 0.15) is 0 Å². The summed E-state index contributed by atoms with van der Waals surface area (Å²) in [7, 11) is -3.00. The van der Waals surface area contributed by atoms with E-state index >= 15 is 0 Å². The quantitative estimate of drug-likeness (QED) is 0.674. The molecule has 1 saturated heterocycles. The average Bonchev–Trinajstić information content (AvgIpc) is 2.24. The minimum absolute atomic E-state index is 0.0341. The summed E-state index contributed by atoms with van der Waals surface area (Å²) >= 11 is 0. The van der Waals surface area contributed by atoms with Gasteiger partial charge >= 0.3 is 0 Å². The van der Waals surface area contributed by atoms with Crippen LogP contribution in [0.4, 0.5) is 0 Å². The van der Waals surface area contributed by atoms with Crippen LogP contribution >= 0.6 is 0 Å². The number of terminal acetylenes is 1. The second-order valence-corrected chi connectivity index (χ2v) is 6.31. The summed E-state index contributed by atoms with van der Waals surface area (Å²) in [5, 5.41) is 3.05. The second-order valence-electron chi connectivity index (χ2n) is 4.08. The molecule has 0 aromatic heterocycles. The topological polar surface area (TPSA) is 66.5 Å². The van der Waals surface area contributed by atoms with Gasteiger partial charge in [0.2, 0.25) is 5.91 Å². The van der Waals surface area contributed by atoms with E-state index < -0.39 is 9.84 Å². The Hall–Kier alpha value is -1.06. The van der Waals surface area contributed by atoms with Crippen LogP contribution in [0.1, 0.15) is 13.3 Å². The van der Waals surface area contributed by atoms with Gasteiger partial charge in [-0.25, -0.2) is 8.42 Å². The van der Waals surface area contributed by atoms with Crippen molar-refractivity contribution in [2.45, 2.75) is 19.4 Å². The van der Waals surface area contributed by atoms with Gasteiger partial charge in [0.15, 0.2) is 9.84 Å². The highest BCUT2D eigenvalue weighted by Crippen LogP contribution is 2.07. The number of amides is 1. The van der Waals surface area contributed by atoms with E-state index in [2.05, 4.69) is 11.2 Å². The lowest BCUT2D eigenvalue weighted by molar-refractivity contribution is -0.130. The molecule has 1 unspecified atom stereocenters. The molecule has 1 rings (SSSR count). The lowest BCUT2D eigenvalue weighted by Gasteiger charge is -2.26. The first-order valence-electron chi connectivity index (χ1n) is 5.63. The molecule has 1 aliphatic rings. The van der Waals surface area contributed by atoms with Crippen molar-refractivity contribution in [3.05, 3.63) is 0 Å². The number of carbonyl (C=O) groups excluding carboxylic acids is 1. The van der Waals surface area contributed by atoms with E-state index in [0.29, 0.717) is 13.1 Å². The highest BCUT2D eigenvalue weighted by atomic mass is 32.2. The minimum atomic E-state index is -3.00. The van der Waals surface area contributed by atoms with E-state index in [1.165, 1.54) is 0 Å². The molecule has 1 heterocycles. The predicted molar refractivity (Wildman–Crippen MR) is 66.1 cm³/mol. The zero-order valence-electron chi connectivity index (χ0n) is 9.98.